The van der Waals surface area contributed by atoms with Crippen molar-refractivity contribution in [1.82, 2.24) is 4.57 Å². The summed E-state index contributed by atoms with van der Waals surface area (Å²) in [4.78, 5) is 11.9. The van der Waals surface area contributed by atoms with Gasteiger partial charge in [0.1, 0.15) is 0 Å². The molecule has 0 aliphatic carbocycles. The largest absolute Gasteiger partial charge is 0.311 e. The van der Waals surface area contributed by atoms with E-state index in [4.69, 9.17) is 11.6 Å². The average molecular weight is 266 g/mol. The Balaban J connectivity index is 2.57. The Kier molecular flexibility index (Phi) is 3.60. The zero-order valence-corrected chi connectivity index (χ0v) is 11.0. The van der Waals surface area contributed by atoms with Gasteiger partial charge in [-0.05, 0) is 23.8 Å². The van der Waals surface area contributed by atoms with Crippen molar-refractivity contribution in [3.8, 4) is 11.3 Å². The standard InChI is InChI=1S/C13H12ClNOS/c1-15-12(7-4-10(8-17)13(15)16)9-2-5-11(14)6-3-9/h2-7,17H,8H2,1H3. The molecule has 0 aliphatic heterocycles. The van der Waals surface area contributed by atoms with Gasteiger partial charge in [0.05, 0.1) is 5.69 Å². The van der Waals surface area contributed by atoms with Crippen molar-refractivity contribution >= 4 is 24.2 Å². The third-order valence-corrected chi connectivity index (χ3v) is 3.29. The molecule has 17 heavy (non-hydrogen) atoms. The van der Waals surface area contributed by atoms with E-state index in [0.717, 1.165) is 11.3 Å². The molecule has 2 aromatic rings. The molecule has 1 heterocycles. The SMILES string of the molecule is Cn1c(-c2ccc(Cl)cc2)ccc(CS)c1=O. The Bertz CT molecular complexity index is 589. The highest BCUT2D eigenvalue weighted by molar-refractivity contribution is 7.79. The van der Waals surface area contributed by atoms with Crippen LogP contribution in [0.2, 0.25) is 5.02 Å². The van der Waals surface area contributed by atoms with Crippen LogP contribution in [-0.4, -0.2) is 4.57 Å². The number of thiol groups is 1. The number of nitrogens with zero attached hydrogens (tertiary/aromatic N) is 1. The summed E-state index contributed by atoms with van der Waals surface area (Å²) in [5.74, 6) is 0.452. The third kappa shape index (κ3) is 2.40. The highest BCUT2D eigenvalue weighted by atomic mass is 35.5. The van der Waals surface area contributed by atoms with Crippen LogP contribution in [-0.2, 0) is 12.8 Å². The van der Waals surface area contributed by atoms with Gasteiger partial charge in [0.25, 0.3) is 5.56 Å². The number of halogens is 1. The smallest absolute Gasteiger partial charge is 0.254 e. The van der Waals surface area contributed by atoms with Crippen LogP contribution >= 0.6 is 24.2 Å². The van der Waals surface area contributed by atoms with Gasteiger partial charge in [-0.15, -0.1) is 0 Å². The quantitative estimate of drug-likeness (QED) is 0.828. The summed E-state index contributed by atoms with van der Waals surface area (Å²) in [5.41, 5.74) is 2.54. The van der Waals surface area contributed by atoms with Crippen LogP contribution in [0.5, 0.6) is 0 Å². The Hall–Kier alpha value is -1.19. The van der Waals surface area contributed by atoms with Gasteiger partial charge in [-0.3, -0.25) is 4.79 Å². The minimum atomic E-state index is -0.00699. The number of benzene rings is 1. The number of hydrogen-bond acceptors (Lipinski definition) is 2. The molecule has 2 nitrogen and oxygen atoms in total. The molecule has 0 bridgehead atoms. The van der Waals surface area contributed by atoms with Gasteiger partial charge >= 0.3 is 0 Å². The van der Waals surface area contributed by atoms with Gasteiger partial charge in [0, 0.05) is 23.4 Å². The molecule has 1 aromatic carbocycles. The zero-order valence-electron chi connectivity index (χ0n) is 9.35. The topological polar surface area (TPSA) is 22.0 Å². The number of hydrogen-bond donors (Lipinski definition) is 1. The molecule has 0 saturated carbocycles. The fraction of sp³-hybridized carbons (Fsp3) is 0.154. The van der Waals surface area contributed by atoms with Gasteiger partial charge in [-0.1, -0.05) is 29.8 Å². The van der Waals surface area contributed by atoms with Crippen molar-refractivity contribution in [1.29, 1.82) is 0 Å². The lowest BCUT2D eigenvalue weighted by Gasteiger charge is -2.09. The molecule has 88 valence electrons. The monoisotopic (exact) mass is 265 g/mol. The van der Waals surface area contributed by atoms with E-state index in [1.165, 1.54) is 0 Å². The van der Waals surface area contributed by atoms with Crippen molar-refractivity contribution < 1.29 is 0 Å². The van der Waals surface area contributed by atoms with Crippen LogP contribution in [0.1, 0.15) is 5.56 Å². The first-order valence-corrected chi connectivity index (χ1v) is 6.20. The van der Waals surface area contributed by atoms with E-state index in [1.807, 2.05) is 36.4 Å². The summed E-state index contributed by atoms with van der Waals surface area (Å²) in [6.45, 7) is 0. The first-order valence-electron chi connectivity index (χ1n) is 5.19. The van der Waals surface area contributed by atoms with E-state index in [0.29, 0.717) is 16.3 Å². The lowest BCUT2D eigenvalue weighted by molar-refractivity contribution is 0.857. The molecule has 4 heteroatoms. The second-order valence-corrected chi connectivity index (χ2v) is 4.53. The highest BCUT2D eigenvalue weighted by Gasteiger charge is 2.06. The van der Waals surface area contributed by atoms with E-state index in [2.05, 4.69) is 12.6 Å². The van der Waals surface area contributed by atoms with Gasteiger partial charge in [0.15, 0.2) is 0 Å². The van der Waals surface area contributed by atoms with Crippen molar-refractivity contribution in [2.75, 3.05) is 0 Å². The van der Waals surface area contributed by atoms with Crippen molar-refractivity contribution in [3.63, 3.8) is 0 Å². The fourth-order valence-corrected chi connectivity index (χ4v) is 2.08. The molecule has 0 saturated heterocycles. The molecule has 0 amide bonds. The molecular weight excluding hydrogens is 254 g/mol. The van der Waals surface area contributed by atoms with Gasteiger partial charge in [0.2, 0.25) is 0 Å². The number of rotatable bonds is 2. The van der Waals surface area contributed by atoms with Crippen LogP contribution in [0, 0.1) is 0 Å². The van der Waals surface area contributed by atoms with Crippen LogP contribution in [0.4, 0.5) is 0 Å². The van der Waals surface area contributed by atoms with E-state index in [1.54, 1.807) is 11.6 Å². The summed E-state index contributed by atoms with van der Waals surface area (Å²) in [7, 11) is 1.76. The summed E-state index contributed by atoms with van der Waals surface area (Å²) < 4.78 is 1.63. The lowest BCUT2D eigenvalue weighted by Crippen LogP contribution is -2.21. The second kappa shape index (κ2) is 4.98. The van der Waals surface area contributed by atoms with Crippen molar-refractivity contribution in [3.05, 3.63) is 57.3 Å². The molecular formula is C13H12ClNOS. The van der Waals surface area contributed by atoms with E-state index in [-0.39, 0.29) is 5.56 Å². The highest BCUT2D eigenvalue weighted by Crippen LogP contribution is 2.20. The van der Waals surface area contributed by atoms with Crippen molar-refractivity contribution in [2.45, 2.75) is 5.75 Å². The Labute approximate surface area is 110 Å². The third-order valence-electron chi connectivity index (χ3n) is 2.69. The zero-order chi connectivity index (χ0) is 12.4. The number of pyridine rings is 1. The fourth-order valence-electron chi connectivity index (χ4n) is 1.72. The van der Waals surface area contributed by atoms with E-state index in [9.17, 15) is 4.79 Å². The van der Waals surface area contributed by atoms with Crippen LogP contribution in [0.15, 0.2) is 41.2 Å². The van der Waals surface area contributed by atoms with Crippen molar-refractivity contribution in [2.24, 2.45) is 7.05 Å². The molecule has 1 aromatic heterocycles. The van der Waals surface area contributed by atoms with E-state index < -0.39 is 0 Å². The predicted molar refractivity (Wildman–Crippen MR) is 74.8 cm³/mol. The second-order valence-electron chi connectivity index (χ2n) is 3.77. The van der Waals surface area contributed by atoms with Crippen LogP contribution < -0.4 is 5.56 Å². The lowest BCUT2D eigenvalue weighted by atomic mass is 10.1. The minimum absolute atomic E-state index is 0.00699. The Morgan fingerprint density at radius 2 is 1.82 bits per heavy atom. The maximum absolute atomic E-state index is 11.9. The molecule has 0 radical (unpaired) electrons. The van der Waals surface area contributed by atoms with Gasteiger partial charge < -0.3 is 4.57 Å². The Morgan fingerprint density at radius 1 is 1.18 bits per heavy atom. The summed E-state index contributed by atoms with van der Waals surface area (Å²) in [6, 6.07) is 11.2. The van der Waals surface area contributed by atoms with Crippen LogP contribution in [0.25, 0.3) is 11.3 Å². The Morgan fingerprint density at radius 3 is 2.41 bits per heavy atom. The minimum Gasteiger partial charge on any atom is -0.311 e. The molecule has 0 spiro atoms. The molecule has 0 N–H and O–H groups in total. The maximum atomic E-state index is 11.9. The predicted octanol–water partition coefficient (Wildman–Crippen LogP) is 3.14. The summed E-state index contributed by atoms with van der Waals surface area (Å²) >= 11 is 9.97. The normalized spacial score (nSPS) is 10.5. The van der Waals surface area contributed by atoms with Crippen LogP contribution in [0.3, 0.4) is 0 Å². The average Bonchev–Trinajstić information content (AvgIpc) is 2.34. The molecule has 0 aliphatic rings. The van der Waals surface area contributed by atoms with Gasteiger partial charge in [-0.2, -0.15) is 12.6 Å². The van der Waals surface area contributed by atoms with E-state index >= 15 is 0 Å². The molecule has 0 fully saturated rings. The number of aromatic nitrogens is 1. The van der Waals surface area contributed by atoms with Gasteiger partial charge in [-0.25, -0.2) is 0 Å². The molecule has 2 rings (SSSR count). The summed E-state index contributed by atoms with van der Waals surface area (Å²) in [5, 5.41) is 0.686. The maximum Gasteiger partial charge on any atom is 0.254 e. The molecule has 0 unspecified atom stereocenters. The summed E-state index contributed by atoms with van der Waals surface area (Å²) in [6.07, 6.45) is 0. The first kappa shape index (κ1) is 12.3. The first-order chi connectivity index (χ1) is 8.13. The molecule has 0 atom stereocenters.